The van der Waals surface area contributed by atoms with E-state index in [2.05, 4.69) is 5.10 Å². The van der Waals surface area contributed by atoms with E-state index < -0.39 is 64.2 Å². The predicted octanol–water partition coefficient (Wildman–Crippen LogP) is 4.27. The lowest BCUT2D eigenvalue weighted by atomic mass is 10.1. The van der Waals surface area contributed by atoms with E-state index >= 15 is 0 Å². The zero-order valence-corrected chi connectivity index (χ0v) is 12.7. The van der Waals surface area contributed by atoms with Crippen molar-refractivity contribution >= 4 is 11.6 Å². The maximum Gasteiger partial charge on any atom is 0.433 e. The summed E-state index contributed by atoms with van der Waals surface area (Å²) in [5, 5.41) is 4.27. The van der Waals surface area contributed by atoms with Gasteiger partial charge >= 0.3 is 12.4 Å². The highest BCUT2D eigenvalue weighted by atomic mass is 19.4. The molecule has 1 N–H and O–H groups in total. The summed E-state index contributed by atoms with van der Waals surface area (Å²) in [5.74, 6) is -12.6. The molecule has 148 valence electrons. The van der Waals surface area contributed by atoms with E-state index in [1.807, 2.05) is 0 Å². The number of hydrogen-bond donors (Lipinski definition) is 1. The third-order valence-electron chi connectivity index (χ3n) is 3.19. The van der Waals surface area contributed by atoms with Crippen LogP contribution in [0.15, 0.2) is 6.07 Å². The number of carbonyl (C=O) groups is 1. The van der Waals surface area contributed by atoms with Crippen LogP contribution in [0.3, 0.4) is 0 Å². The SMILES string of the molecule is Cn1nc(C(=O)Nc2c(F)c(F)c(C(F)(F)F)c(F)c2F)cc1C(F)(F)F. The van der Waals surface area contributed by atoms with Gasteiger partial charge in [0.05, 0.1) is 0 Å². The molecular weight excluding hydrogens is 404 g/mol. The van der Waals surface area contributed by atoms with Crippen LogP contribution in [0, 0.1) is 23.3 Å². The Kier molecular flexibility index (Phi) is 4.88. The molecule has 27 heavy (non-hydrogen) atoms. The lowest BCUT2D eigenvalue weighted by Crippen LogP contribution is -2.20. The number of carbonyl (C=O) groups excluding carboxylic acids is 1. The van der Waals surface area contributed by atoms with Crippen molar-refractivity contribution in [2.45, 2.75) is 12.4 Å². The van der Waals surface area contributed by atoms with Crippen molar-refractivity contribution in [3.63, 3.8) is 0 Å². The fourth-order valence-electron chi connectivity index (χ4n) is 2.01. The summed E-state index contributed by atoms with van der Waals surface area (Å²) in [4.78, 5) is 11.8. The van der Waals surface area contributed by atoms with Gasteiger partial charge < -0.3 is 5.32 Å². The minimum atomic E-state index is -5.79. The molecule has 0 aliphatic rings. The number of aryl methyl sites for hydroxylation is 1. The Balaban J connectivity index is 2.49. The highest BCUT2D eigenvalue weighted by Crippen LogP contribution is 2.38. The zero-order chi connectivity index (χ0) is 20.9. The molecule has 0 saturated heterocycles. The second kappa shape index (κ2) is 6.42. The molecule has 0 aliphatic heterocycles. The van der Waals surface area contributed by atoms with Crippen LogP contribution in [0.5, 0.6) is 0 Å². The molecule has 1 aromatic heterocycles. The molecule has 2 rings (SSSR count). The summed E-state index contributed by atoms with van der Waals surface area (Å²) < 4.78 is 130. The lowest BCUT2D eigenvalue weighted by molar-refractivity contribution is -0.144. The topological polar surface area (TPSA) is 46.9 Å². The quantitative estimate of drug-likeness (QED) is 0.595. The molecule has 1 heterocycles. The molecule has 0 spiro atoms. The summed E-state index contributed by atoms with van der Waals surface area (Å²) in [6, 6.07) is 0.155. The third kappa shape index (κ3) is 3.68. The van der Waals surface area contributed by atoms with E-state index in [1.54, 1.807) is 0 Å². The summed E-state index contributed by atoms with van der Waals surface area (Å²) in [6.07, 6.45) is -10.7. The Hall–Kier alpha value is -2.80. The maximum absolute atomic E-state index is 13.7. The largest absolute Gasteiger partial charge is 0.433 e. The molecule has 0 unspecified atom stereocenters. The highest BCUT2D eigenvalue weighted by molar-refractivity contribution is 6.03. The van der Waals surface area contributed by atoms with Crippen molar-refractivity contribution in [1.82, 2.24) is 9.78 Å². The van der Waals surface area contributed by atoms with Crippen LogP contribution in [0.2, 0.25) is 0 Å². The average molecular weight is 409 g/mol. The first-order chi connectivity index (χ1) is 12.2. The first-order valence-electron chi connectivity index (χ1n) is 6.52. The van der Waals surface area contributed by atoms with E-state index in [1.165, 1.54) is 5.32 Å². The fourth-order valence-corrected chi connectivity index (χ4v) is 2.01. The molecule has 14 heteroatoms. The van der Waals surface area contributed by atoms with E-state index in [9.17, 15) is 48.7 Å². The first kappa shape index (κ1) is 20.5. The van der Waals surface area contributed by atoms with Gasteiger partial charge in [0, 0.05) is 13.1 Å². The number of benzene rings is 1. The molecule has 1 aromatic carbocycles. The summed E-state index contributed by atoms with van der Waals surface area (Å²) >= 11 is 0. The van der Waals surface area contributed by atoms with Gasteiger partial charge in [-0.2, -0.15) is 31.4 Å². The summed E-state index contributed by atoms with van der Waals surface area (Å²) in [7, 11) is 0.776. The Morgan fingerprint density at radius 3 is 1.78 bits per heavy atom. The fraction of sp³-hybridized carbons (Fsp3) is 0.231. The summed E-state index contributed by atoms with van der Waals surface area (Å²) in [5.41, 5.74) is -7.34. The maximum atomic E-state index is 13.7. The zero-order valence-electron chi connectivity index (χ0n) is 12.7. The van der Waals surface area contributed by atoms with Crippen molar-refractivity contribution in [2.24, 2.45) is 7.05 Å². The number of halogens is 10. The number of anilines is 1. The standard InChI is InChI=1S/C13H5F10N3O/c1-26-4(12(18,19)20)2-3(25-26)11(27)24-10-8(16)6(14)5(13(21,22)23)7(15)9(10)17/h2H,1H3,(H,24,27). The van der Waals surface area contributed by atoms with Crippen LogP contribution < -0.4 is 5.32 Å². The van der Waals surface area contributed by atoms with Crippen LogP contribution in [0.4, 0.5) is 49.6 Å². The number of hydrogen-bond acceptors (Lipinski definition) is 2. The van der Waals surface area contributed by atoms with Gasteiger partial charge in [-0.15, -0.1) is 0 Å². The van der Waals surface area contributed by atoms with E-state index in [0.717, 1.165) is 7.05 Å². The van der Waals surface area contributed by atoms with Gasteiger partial charge in [0.1, 0.15) is 16.9 Å². The highest BCUT2D eigenvalue weighted by Gasteiger charge is 2.43. The number of nitrogens with one attached hydrogen (secondary N) is 1. The van der Waals surface area contributed by atoms with Crippen molar-refractivity contribution in [1.29, 1.82) is 0 Å². The number of alkyl halides is 6. The Morgan fingerprint density at radius 1 is 0.926 bits per heavy atom. The van der Waals surface area contributed by atoms with Crippen LogP contribution >= 0.6 is 0 Å². The Bertz CT molecular complexity index is 884. The molecule has 1 amide bonds. The van der Waals surface area contributed by atoms with Gasteiger partial charge in [-0.05, 0) is 0 Å². The van der Waals surface area contributed by atoms with Gasteiger partial charge in [-0.3, -0.25) is 9.48 Å². The molecule has 4 nitrogen and oxygen atoms in total. The van der Waals surface area contributed by atoms with Crippen molar-refractivity contribution in [3.05, 3.63) is 46.3 Å². The molecule has 0 atom stereocenters. The van der Waals surface area contributed by atoms with Crippen LogP contribution in [0.1, 0.15) is 21.7 Å². The van der Waals surface area contributed by atoms with E-state index in [0.29, 0.717) is 0 Å². The van der Waals surface area contributed by atoms with Gasteiger partial charge in [0.25, 0.3) is 5.91 Å². The lowest BCUT2D eigenvalue weighted by Gasteiger charge is -2.14. The number of rotatable bonds is 2. The number of aromatic nitrogens is 2. The Labute approximate surface area is 142 Å². The van der Waals surface area contributed by atoms with E-state index in [-0.39, 0.29) is 10.7 Å². The molecule has 0 aliphatic carbocycles. The molecule has 0 fully saturated rings. The molecule has 0 bridgehead atoms. The summed E-state index contributed by atoms with van der Waals surface area (Å²) in [6.45, 7) is 0. The second-order valence-electron chi connectivity index (χ2n) is 4.99. The van der Waals surface area contributed by atoms with E-state index in [4.69, 9.17) is 0 Å². The normalized spacial score (nSPS) is 12.4. The van der Waals surface area contributed by atoms with Crippen LogP contribution in [0.25, 0.3) is 0 Å². The van der Waals surface area contributed by atoms with Crippen molar-refractivity contribution < 1.29 is 48.7 Å². The van der Waals surface area contributed by atoms with Crippen molar-refractivity contribution in [3.8, 4) is 0 Å². The number of nitrogens with zero attached hydrogens (tertiary/aromatic N) is 2. The van der Waals surface area contributed by atoms with Crippen LogP contribution in [-0.4, -0.2) is 15.7 Å². The molecular formula is C13H5F10N3O. The van der Waals surface area contributed by atoms with Gasteiger partial charge in [-0.1, -0.05) is 0 Å². The molecule has 0 radical (unpaired) electrons. The van der Waals surface area contributed by atoms with Gasteiger partial charge in [-0.25, -0.2) is 17.6 Å². The van der Waals surface area contributed by atoms with Gasteiger partial charge in [0.2, 0.25) is 0 Å². The number of amides is 1. The Morgan fingerprint density at radius 2 is 1.41 bits per heavy atom. The molecule has 0 saturated carbocycles. The smallest absolute Gasteiger partial charge is 0.315 e. The first-order valence-corrected chi connectivity index (χ1v) is 6.52. The molecule has 2 aromatic rings. The minimum Gasteiger partial charge on any atom is -0.315 e. The van der Waals surface area contributed by atoms with Crippen molar-refractivity contribution in [2.75, 3.05) is 5.32 Å². The van der Waals surface area contributed by atoms with Gasteiger partial charge in [0.15, 0.2) is 29.0 Å². The predicted molar refractivity (Wildman–Crippen MR) is 67.4 cm³/mol. The minimum absolute atomic E-state index is 0.155. The third-order valence-corrected chi connectivity index (χ3v) is 3.19. The monoisotopic (exact) mass is 409 g/mol. The second-order valence-corrected chi connectivity index (χ2v) is 4.99. The average Bonchev–Trinajstić information content (AvgIpc) is 2.90. The van der Waals surface area contributed by atoms with Crippen LogP contribution in [-0.2, 0) is 19.4 Å².